The number of rotatable bonds is 3. The van der Waals surface area contributed by atoms with Gasteiger partial charge in [0, 0.05) is 17.8 Å². The minimum absolute atomic E-state index is 0.0892. The lowest BCUT2D eigenvalue weighted by molar-refractivity contribution is -0.123. The van der Waals surface area contributed by atoms with Gasteiger partial charge in [-0.1, -0.05) is 0 Å². The molecule has 1 atom stereocenters. The molecule has 2 rings (SSSR count). The van der Waals surface area contributed by atoms with E-state index in [-0.39, 0.29) is 18.9 Å². The Morgan fingerprint density at radius 1 is 1.40 bits per heavy atom. The number of amides is 2. The quantitative estimate of drug-likeness (QED) is 0.842. The summed E-state index contributed by atoms with van der Waals surface area (Å²) in [4.78, 5) is 37.6. The number of hydrogen-bond acceptors (Lipinski definition) is 5. The summed E-state index contributed by atoms with van der Waals surface area (Å²) < 4.78 is 4.78. The van der Waals surface area contributed by atoms with Crippen LogP contribution in [0, 0.1) is 19.8 Å². The van der Waals surface area contributed by atoms with E-state index in [1.807, 2.05) is 13.8 Å². The van der Waals surface area contributed by atoms with Crippen LogP contribution in [0.25, 0.3) is 0 Å². The van der Waals surface area contributed by atoms with Gasteiger partial charge < -0.3 is 15.4 Å². The molecule has 6 nitrogen and oxygen atoms in total. The molecule has 1 aromatic rings. The molecule has 2 heterocycles. The van der Waals surface area contributed by atoms with Gasteiger partial charge in [-0.15, -0.1) is 11.3 Å². The van der Waals surface area contributed by atoms with Crippen molar-refractivity contribution in [2.24, 2.45) is 11.7 Å². The summed E-state index contributed by atoms with van der Waals surface area (Å²) in [6.45, 7) is 3.91. The predicted molar refractivity (Wildman–Crippen MR) is 74.8 cm³/mol. The lowest BCUT2D eigenvalue weighted by atomic mass is 10.1. The number of carbonyl (C=O) groups is 3. The molecule has 1 unspecified atom stereocenters. The van der Waals surface area contributed by atoms with Crippen LogP contribution < -0.4 is 10.6 Å². The second kappa shape index (κ2) is 5.24. The molecule has 7 heteroatoms. The number of primary amides is 1. The lowest BCUT2D eigenvalue weighted by Crippen LogP contribution is -2.29. The standard InChI is InChI=1S/C13H16N2O4S/c1-6-7(2)20-12(10(6)13(18)19-3)15-5-8(11(14)17)4-9(15)16/h8H,4-5H2,1-3H3,(H2,14,17). The molecule has 0 aromatic carbocycles. The van der Waals surface area contributed by atoms with Gasteiger partial charge in [0.15, 0.2) is 0 Å². The average Bonchev–Trinajstić information content (AvgIpc) is 2.91. The number of carbonyl (C=O) groups excluding carboxylic acids is 3. The van der Waals surface area contributed by atoms with Crippen molar-refractivity contribution >= 4 is 34.1 Å². The Labute approximate surface area is 120 Å². The number of aryl methyl sites for hydroxylation is 1. The second-order valence-corrected chi connectivity index (χ2v) is 5.97. The highest BCUT2D eigenvalue weighted by Gasteiger charge is 2.37. The summed E-state index contributed by atoms with van der Waals surface area (Å²) in [5.41, 5.74) is 6.45. The summed E-state index contributed by atoms with van der Waals surface area (Å²) in [6.07, 6.45) is 0.0892. The third kappa shape index (κ3) is 2.29. The van der Waals surface area contributed by atoms with E-state index in [1.165, 1.54) is 23.3 Å². The molecule has 1 aromatic heterocycles. The predicted octanol–water partition coefficient (Wildman–Crippen LogP) is 0.990. The molecule has 2 N–H and O–H groups in total. The number of nitrogens with zero attached hydrogens (tertiary/aromatic N) is 1. The largest absolute Gasteiger partial charge is 0.465 e. The molecule has 0 aliphatic carbocycles. The Balaban J connectivity index is 2.43. The van der Waals surface area contributed by atoms with Crippen molar-refractivity contribution in [3.05, 3.63) is 16.0 Å². The maximum atomic E-state index is 12.0. The van der Waals surface area contributed by atoms with Crippen LogP contribution in [-0.2, 0) is 14.3 Å². The molecule has 0 bridgehead atoms. The molecule has 1 fully saturated rings. The first-order valence-corrected chi connectivity index (χ1v) is 6.96. The van der Waals surface area contributed by atoms with Gasteiger partial charge in [-0.25, -0.2) is 4.79 Å². The van der Waals surface area contributed by atoms with Crippen molar-refractivity contribution in [1.82, 2.24) is 0 Å². The molecule has 0 saturated carbocycles. The van der Waals surface area contributed by atoms with Crippen LogP contribution in [-0.4, -0.2) is 31.4 Å². The normalized spacial score (nSPS) is 18.4. The van der Waals surface area contributed by atoms with Gasteiger partial charge in [0.1, 0.15) is 5.00 Å². The molecule has 20 heavy (non-hydrogen) atoms. The number of thiophene rings is 1. The van der Waals surface area contributed by atoms with Gasteiger partial charge >= 0.3 is 5.97 Å². The van der Waals surface area contributed by atoms with Crippen molar-refractivity contribution in [1.29, 1.82) is 0 Å². The summed E-state index contributed by atoms with van der Waals surface area (Å²) >= 11 is 1.35. The van der Waals surface area contributed by atoms with E-state index in [0.29, 0.717) is 10.6 Å². The van der Waals surface area contributed by atoms with Gasteiger partial charge in [-0.2, -0.15) is 0 Å². The van der Waals surface area contributed by atoms with Crippen LogP contribution >= 0.6 is 11.3 Å². The SMILES string of the molecule is COC(=O)c1c(N2CC(C(N)=O)CC2=O)sc(C)c1C. The summed E-state index contributed by atoms with van der Waals surface area (Å²) in [5.74, 6) is -1.67. The summed E-state index contributed by atoms with van der Waals surface area (Å²) in [6, 6.07) is 0. The Morgan fingerprint density at radius 3 is 2.55 bits per heavy atom. The molecule has 108 valence electrons. The summed E-state index contributed by atoms with van der Waals surface area (Å²) in [5, 5.41) is 0.542. The number of anilines is 1. The van der Waals surface area contributed by atoms with E-state index in [4.69, 9.17) is 10.5 Å². The van der Waals surface area contributed by atoms with Gasteiger partial charge in [0.25, 0.3) is 0 Å². The van der Waals surface area contributed by atoms with Crippen LogP contribution in [0.5, 0.6) is 0 Å². The van der Waals surface area contributed by atoms with Crippen LogP contribution in [0.4, 0.5) is 5.00 Å². The van der Waals surface area contributed by atoms with Crippen molar-refractivity contribution in [3.63, 3.8) is 0 Å². The molecule has 2 amide bonds. The van der Waals surface area contributed by atoms with Gasteiger partial charge in [0.2, 0.25) is 11.8 Å². The zero-order valence-electron chi connectivity index (χ0n) is 11.6. The molecule has 0 spiro atoms. The Hall–Kier alpha value is -1.89. The topological polar surface area (TPSA) is 89.7 Å². The smallest absolute Gasteiger partial charge is 0.341 e. The Kier molecular flexibility index (Phi) is 3.80. The Morgan fingerprint density at radius 2 is 2.05 bits per heavy atom. The maximum Gasteiger partial charge on any atom is 0.341 e. The zero-order valence-corrected chi connectivity index (χ0v) is 12.4. The molecular weight excluding hydrogens is 280 g/mol. The first-order valence-electron chi connectivity index (χ1n) is 6.14. The third-order valence-corrected chi connectivity index (χ3v) is 4.76. The highest BCUT2D eigenvalue weighted by molar-refractivity contribution is 7.16. The van der Waals surface area contributed by atoms with Crippen LogP contribution in [0.15, 0.2) is 0 Å². The van der Waals surface area contributed by atoms with Gasteiger partial charge in [-0.05, 0) is 19.4 Å². The number of esters is 1. The van der Waals surface area contributed by atoms with E-state index >= 15 is 0 Å². The number of ether oxygens (including phenoxy) is 1. The molecular formula is C13H16N2O4S. The van der Waals surface area contributed by atoms with Gasteiger partial charge in [0.05, 0.1) is 18.6 Å². The fourth-order valence-electron chi connectivity index (χ4n) is 2.24. The van der Waals surface area contributed by atoms with Gasteiger partial charge in [-0.3, -0.25) is 9.59 Å². The van der Waals surface area contributed by atoms with Crippen LogP contribution in [0.1, 0.15) is 27.2 Å². The Bertz CT molecular complexity index is 593. The minimum atomic E-state index is -0.504. The van der Waals surface area contributed by atoms with E-state index < -0.39 is 17.8 Å². The molecule has 1 aliphatic rings. The first-order chi connectivity index (χ1) is 9.36. The number of methoxy groups -OCH3 is 1. The average molecular weight is 296 g/mol. The number of hydrogen-bond donors (Lipinski definition) is 1. The monoisotopic (exact) mass is 296 g/mol. The van der Waals surface area contributed by atoms with E-state index in [2.05, 4.69) is 0 Å². The second-order valence-electron chi connectivity index (χ2n) is 4.76. The fourth-order valence-corrected chi connectivity index (χ4v) is 3.41. The summed E-state index contributed by atoms with van der Waals surface area (Å²) in [7, 11) is 1.30. The van der Waals surface area contributed by atoms with Crippen molar-refractivity contribution in [2.75, 3.05) is 18.6 Å². The van der Waals surface area contributed by atoms with E-state index in [9.17, 15) is 14.4 Å². The third-order valence-electron chi connectivity index (χ3n) is 3.53. The van der Waals surface area contributed by atoms with Crippen molar-refractivity contribution in [2.45, 2.75) is 20.3 Å². The van der Waals surface area contributed by atoms with Crippen molar-refractivity contribution in [3.8, 4) is 0 Å². The van der Waals surface area contributed by atoms with E-state index in [0.717, 1.165) is 10.4 Å². The van der Waals surface area contributed by atoms with Crippen LogP contribution in [0.3, 0.4) is 0 Å². The molecule has 1 saturated heterocycles. The maximum absolute atomic E-state index is 12.0. The van der Waals surface area contributed by atoms with Crippen LogP contribution in [0.2, 0.25) is 0 Å². The highest BCUT2D eigenvalue weighted by atomic mass is 32.1. The van der Waals surface area contributed by atoms with Crippen molar-refractivity contribution < 1.29 is 19.1 Å². The minimum Gasteiger partial charge on any atom is -0.465 e. The number of nitrogens with two attached hydrogens (primary N) is 1. The molecule has 0 radical (unpaired) electrons. The molecule has 1 aliphatic heterocycles. The fraction of sp³-hybridized carbons (Fsp3) is 0.462. The highest BCUT2D eigenvalue weighted by Crippen LogP contribution is 2.38. The zero-order chi connectivity index (χ0) is 15.0. The van der Waals surface area contributed by atoms with E-state index in [1.54, 1.807) is 0 Å². The lowest BCUT2D eigenvalue weighted by Gasteiger charge is -2.15. The first kappa shape index (κ1) is 14.5.